The summed E-state index contributed by atoms with van der Waals surface area (Å²) in [6.07, 6.45) is 3.22. The molecule has 0 saturated carbocycles. The third kappa shape index (κ3) is 4.75. The highest BCUT2D eigenvalue weighted by Gasteiger charge is 2.12. The molecular formula is C20H20ClN5O2. The van der Waals surface area contributed by atoms with Gasteiger partial charge in [0.2, 0.25) is 5.91 Å². The van der Waals surface area contributed by atoms with Crippen molar-refractivity contribution in [2.75, 3.05) is 5.32 Å². The van der Waals surface area contributed by atoms with Gasteiger partial charge in [-0.1, -0.05) is 23.7 Å². The van der Waals surface area contributed by atoms with E-state index in [9.17, 15) is 9.59 Å². The van der Waals surface area contributed by atoms with Crippen molar-refractivity contribution in [2.45, 2.75) is 26.9 Å². The summed E-state index contributed by atoms with van der Waals surface area (Å²) >= 11 is 6.10. The first-order valence-corrected chi connectivity index (χ1v) is 9.08. The second kappa shape index (κ2) is 8.67. The Kier molecular flexibility index (Phi) is 6.06. The SMILES string of the molecule is Cc1nn(CC(=O)NCc2ccc(C(=O)Nc3ccncc3)cc2)c(C)c1Cl. The van der Waals surface area contributed by atoms with E-state index in [1.165, 1.54) is 0 Å². The van der Waals surface area contributed by atoms with Crippen molar-refractivity contribution in [1.29, 1.82) is 0 Å². The topological polar surface area (TPSA) is 88.9 Å². The third-order valence-corrected chi connectivity index (χ3v) is 4.78. The van der Waals surface area contributed by atoms with Crippen LogP contribution in [0.3, 0.4) is 0 Å². The first-order chi connectivity index (χ1) is 13.4. The van der Waals surface area contributed by atoms with E-state index >= 15 is 0 Å². The lowest BCUT2D eigenvalue weighted by Gasteiger charge is -2.08. The minimum atomic E-state index is -0.205. The van der Waals surface area contributed by atoms with Crippen molar-refractivity contribution in [3.8, 4) is 0 Å². The molecule has 0 unspecified atom stereocenters. The van der Waals surface area contributed by atoms with E-state index in [0.29, 0.717) is 28.5 Å². The lowest BCUT2D eigenvalue weighted by Crippen LogP contribution is -2.28. The van der Waals surface area contributed by atoms with Gasteiger partial charge in [0, 0.05) is 30.2 Å². The maximum absolute atomic E-state index is 12.2. The average Bonchev–Trinajstić information content (AvgIpc) is 2.94. The molecule has 0 aliphatic rings. The quantitative estimate of drug-likeness (QED) is 0.668. The van der Waals surface area contributed by atoms with E-state index in [1.807, 2.05) is 19.1 Å². The van der Waals surface area contributed by atoms with Crippen molar-refractivity contribution in [2.24, 2.45) is 0 Å². The molecule has 8 heteroatoms. The molecule has 0 spiro atoms. The summed E-state index contributed by atoms with van der Waals surface area (Å²) in [6, 6.07) is 10.5. The smallest absolute Gasteiger partial charge is 0.255 e. The summed E-state index contributed by atoms with van der Waals surface area (Å²) in [5.74, 6) is -0.370. The summed E-state index contributed by atoms with van der Waals surface area (Å²) < 4.78 is 1.58. The zero-order chi connectivity index (χ0) is 20.1. The monoisotopic (exact) mass is 397 g/mol. The number of nitrogens with one attached hydrogen (secondary N) is 2. The number of nitrogens with zero attached hydrogens (tertiary/aromatic N) is 3. The maximum atomic E-state index is 12.2. The van der Waals surface area contributed by atoms with Crippen molar-refractivity contribution in [3.63, 3.8) is 0 Å². The van der Waals surface area contributed by atoms with Gasteiger partial charge in [0.05, 0.1) is 16.4 Å². The largest absolute Gasteiger partial charge is 0.350 e. The molecule has 0 radical (unpaired) electrons. The van der Waals surface area contributed by atoms with Crippen LogP contribution in [0, 0.1) is 13.8 Å². The number of carbonyl (C=O) groups excluding carboxylic acids is 2. The first-order valence-electron chi connectivity index (χ1n) is 8.70. The van der Waals surface area contributed by atoms with E-state index in [-0.39, 0.29) is 18.4 Å². The number of hydrogen-bond donors (Lipinski definition) is 2. The van der Waals surface area contributed by atoms with E-state index < -0.39 is 0 Å². The van der Waals surface area contributed by atoms with Crippen LogP contribution in [0.4, 0.5) is 5.69 Å². The van der Waals surface area contributed by atoms with Crippen LogP contribution in [-0.2, 0) is 17.9 Å². The fourth-order valence-electron chi connectivity index (χ4n) is 2.63. The number of halogens is 1. The van der Waals surface area contributed by atoms with Crippen LogP contribution in [0.1, 0.15) is 27.3 Å². The summed E-state index contributed by atoms with van der Waals surface area (Å²) in [7, 11) is 0. The zero-order valence-electron chi connectivity index (χ0n) is 15.6. The molecule has 7 nitrogen and oxygen atoms in total. The highest BCUT2D eigenvalue weighted by atomic mass is 35.5. The van der Waals surface area contributed by atoms with Gasteiger partial charge >= 0.3 is 0 Å². The van der Waals surface area contributed by atoms with Crippen LogP contribution < -0.4 is 10.6 Å². The Morgan fingerprint density at radius 1 is 1.07 bits per heavy atom. The minimum absolute atomic E-state index is 0.103. The predicted molar refractivity (Wildman–Crippen MR) is 107 cm³/mol. The number of anilines is 1. The molecule has 1 aromatic carbocycles. The van der Waals surface area contributed by atoms with E-state index in [0.717, 1.165) is 11.3 Å². The summed E-state index contributed by atoms with van der Waals surface area (Å²) in [5, 5.41) is 10.5. The molecule has 0 atom stereocenters. The molecule has 0 aliphatic heterocycles. The second-order valence-electron chi connectivity index (χ2n) is 6.31. The Hall–Kier alpha value is -3.19. The van der Waals surface area contributed by atoms with Gasteiger partial charge in [-0.25, -0.2) is 0 Å². The molecule has 2 N–H and O–H groups in total. The van der Waals surface area contributed by atoms with Crippen LogP contribution in [-0.4, -0.2) is 26.6 Å². The minimum Gasteiger partial charge on any atom is -0.350 e. The van der Waals surface area contributed by atoms with Crippen molar-refractivity contribution >= 4 is 29.1 Å². The first kappa shape index (κ1) is 19.6. The molecule has 0 saturated heterocycles. The summed E-state index contributed by atoms with van der Waals surface area (Å²) in [5.41, 5.74) is 3.57. The van der Waals surface area contributed by atoms with Gasteiger partial charge < -0.3 is 10.6 Å². The molecule has 144 valence electrons. The van der Waals surface area contributed by atoms with E-state index in [1.54, 1.807) is 48.3 Å². The number of hydrogen-bond acceptors (Lipinski definition) is 4. The number of pyridine rings is 1. The van der Waals surface area contributed by atoms with Gasteiger partial charge in [0.15, 0.2) is 0 Å². The molecule has 3 rings (SSSR count). The normalized spacial score (nSPS) is 10.5. The molecule has 2 heterocycles. The molecule has 0 aliphatic carbocycles. The Labute approximate surface area is 167 Å². The van der Waals surface area contributed by atoms with Crippen molar-refractivity contribution in [1.82, 2.24) is 20.1 Å². The Balaban J connectivity index is 1.53. The lowest BCUT2D eigenvalue weighted by atomic mass is 10.1. The van der Waals surface area contributed by atoms with Crippen LogP contribution in [0.15, 0.2) is 48.8 Å². The molecule has 28 heavy (non-hydrogen) atoms. The van der Waals surface area contributed by atoms with Crippen molar-refractivity contribution < 1.29 is 9.59 Å². The zero-order valence-corrected chi connectivity index (χ0v) is 16.3. The molecule has 3 aromatic rings. The summed E-state index contributed by atoms with van der Waals surface area (Å²) in [6.45, 7) is 4.09. The van der Waals surface area contributed by atoms with Gasteiger partial charge in [-0.2, -0.15) is 5.10 Å². The number of aromatic nitrogens is 3. The number of aryl methyl sites for hydroxylation is 1. The molecule has 2 aromatic heterocycles. The van der Waals surface area contributed by atoms with E-state index in [4.69, 9.17) is 11.6 Å². The molecule has 2 amide bonds. The highest BCUT2D eigenvalue weighted by Crippen LogP contribution is 2.18. The van der Waals surface area contributed by atoms with Crippen LogP contribution in [0.5, 0.6) is 0 Å². The number of benzene rings is 1. The third-order valence-electron chi connectivity index (χ3n) is 4.23. The highest BCUT2D eigenvalue weighted by molar-refractivity contribution is 6.31. The predicted octanol–water partition coefficient (Wildman–Crippen LogP) is 3.12. The van der Waals surface area contributed by atoms with E-state index in [2.05, 4.69) is 20.7 Å². The summed E-state index contributed by atoms with van der Waals surface area (Å²) in [4.78, 5) is 28.3. The lowest BCUT2D eigenvalue weighted by molar-refractivity contribution is -0.122. The van der Waals surface area contributed by atoms with Crippen LogP contribution in [0.25, 0.3) is 0 Å². The molecule has 0 fully saturated rings. The Morgan fingerprint density at radius 2 is 1.75 bits per heavy atom. The van der Waals surface area contributed by atoms with Gasteiger partial charge in [0.25, 0.3) is 5.91 Å². The van der Waals surface area contributed by atoms with Gasteiger partial charge in [0.1, 0.15) is 6.54 Å². The second-order valence-corrected chi connectivity index (χ2v) is 6.68. The number of carbonyl (C=O) groups is 2. The van der Waals surface area contributed by atoms with Crippen LogP contribution >= 0.6 is 11.6 Å². The number of rotatable bonds is 6. The van der Waals surface area contributed by atoms with Gasteiger partial charge in [-0.15, -0.1) is 0 Å². The maximum Gasteiger partial charge on any atom is 0.255 e. The Bertz CT molecular complexity index is 984. The molecule has 0 bridgehead atoms. The number of amides is 2. The average molecular weight is 398 g/mol. The Morgan fingerprint density at radius 3 is 2.36 bits per heavy atom. The van der Waals surface area contributed by atoms with Crippen molar-refractivity contribution in [3.05, 3.63) is 76.3 Å². The standard InChI is InChI=1S/C20H20ClN5O2/c1-13-19(21)14(2)26(25-13)12-18(27)23-11-15-3-5-16(6-4-15)20(28)24-17-7-9-22-10-8-17/h3-10H,11-12H2,1-2H3,(H,23,27)(H,22,24,28). The molecular weight excluding hydrogens is 378 g/mol. The van der Waals surface area contributed by atoms with Gasteiger partial charge in [-0.05, 0) is 43.7 Å². The van der Waals surface area contributed by atoms with Crippen LogP contribution in [0.2, 0.25) is 5.02 Å². The van der Waals surface area contributed by atoms with Gasteiger partial charge in [-0.3, -0.25) is 19.3 Å². The fourth-order valence-corrected chi connectivity index (χ4v) is 2.77. The fraction of sp³-hybridized carbons (Fsp3) is 0.200.